The fraction of sp³-hybridized carbons (Fsp3) is 0.929. The number of carbonyl (C=O) groups excluding carboxylic acids is 1. The number of ether oxygens (including phenoxy) is 2. The lowest BCUT2D eigenvalue weighted by Crippen LogP contribution is -2.42. The second-order valence-electron chi connectivity index (χ2n) is 4.85. The summed E-state index contributed by atoms with van der Waals surface area (Å²) in [5.74, 6) is -0.561. The molecular formula is C14H26O3. The van der Waals surface area contributed by atoms with Crippen molar-refractivity contribution in [2.45, 2.75) is 64.6 Å². The van der Waals surface area contributed by atoms with Gasteiger partial charge in [0.25, 0.3) is 0 Å². The highest BCUT2D eigenvalue weighted by Crippen LogP contribution is 2.39. The molecule has 0 N–H and O–H groups in total. The van der Waals surface area contributed by atoms with E-state index >= 15 is 0 Å². The summed E-state index contributed by atoms with van der Waals surface area (Å²) in [7, 11) is 0. The zero-order chi connectivity index (χ0) is 12.6. The van der Waals surface area contributed by atoms with E-state index in [2.05, 4.69) is 13.8 Å². The van der Waals surface area contributed by atoms with Gasteiger partial charge in [-0.25, -0.2) is 0 Å². The van der Waals surface area contributed by atoms with Crippen LogP contribution in [0.15, 0.2) is 0 Å². The first-order valence-electron chi connectivity index (χ1n) is 7.02. The molecule has 0 aromatic carbocycles. The fourth-order valence-electron chi connectivity index (χ4n) is 2.50. The lowest BCUT2D eigenvalue weighted by atomic mass is 9.84. The Balaban J connectivity index is 0.000000249. The van der Waals surface area contributed by atoms with Crippen molar-refractivity contribution >= 4 is 6.29 Å². The van der Waals surface area contributed by atoms with E-state index in [1.165, 1.54) is 19.3 Å². The SMILES string of the molecule is CCCCC.O=C[C@H]1CCCCC12OCCO2. The largest absolute Gasteiger partial charge is 0.347 e. The summed E-state index contributed by atoms with van der Waals surface area (Å²) in [6, 6.07) is 0. The van der Waals surface area contributed by atoms with Gasteiger partial charge in [-0.3, -0.25) is 0 Å². The van der Waals surface area contributed by atoms with Crippen molar-refractivity contribution in [3.8, 4) is 0 Å². The predicted molar refractivity (Wildman–Crippen MR) is 67.9 cm³/mol. The maximum Gasteiger partial charge on any atom is 0.177 e. The molecule has 1 aliphatic carbocycles. The van der Waals surface area contributed by atoms with Gasteiger partial charge >= 0.3 is 0 Å². The number of rotatable bonds is 3. The lowest BCUT2D eigenvalue weighted by Gasteiger charge is -2.36. The van der Waals surface area contributed by atoms with Crippen molar-refractivity contribution in [3.63, 3.8) is 0 Å². The van der Waals surface area contributed by atoms with Crippen LogP contribution in [0.2, 0.25) is 0 Å². The smallest absolute Gasteiger partial charge is 0.177 e. The molecule has 100 valence electrons. The van der Waals surface area contributed by atoms with Crippen LogP contribution in [-0.2, 0) is 14.3 Å². The van der Waals surface area contributed by atoms with E-state index in [4.69, 9.17) is 9.47 Å². The fourth-order valence-corrected chi connectivity index (χ4v) is 2.50. The molecule has 0 aromatic rings. The second-order valence-corrected chi connectivity index (χ2v) is 4.85. The molecule has 1 spiro atoms. The van der Waals surface area contributed by atoms with Gasteiger partial charge in [0.1, 0.15) is 6.29 Å². The van der Waals surface area contributed by atoms with Crippen LogP contribution in [0.4, 0.5) is 0 Å². The Kier molecular flexibility index (Phi) is 6.75. The van der Waals surface area contributed by atoms with Crippen LogP contribution >= 0.6 is 0 Å². The molecule has 0 radical (unpaired) electrons. The summed E-state index contributed by atoms with van der Waals surface area (Å²) >= 11 is 0. The van der Waals surface area contributed by atoms with E-state index in [0.29, 0.717) is 13.2 Å². The number of hydrogen-bond donors (Lipinski definition) is 0. The maximum absolute atomic E-state index is 10.8. The molecule has 0 aromatic heterocycles. The van der Waals surface area contributed by atoms with Crippen LogP contribution in [0, 0.1) is 5.92 Å². The van der Waals surface area contributed by atoms with E-state index in [9.17, 15) is 4.79 Å². The van der Waals surface area contributed by atoms with Crippen LogP contribution in [0.25, 0.3) is 0 Å². The van der Waals surface area contributed by atoms with E-state index in [-0.39, 0.29) is 5.92 Å². The van der Waals surface area contributed by atoms with Gasteiger partial charge in [0.2, 0.25) is 0 Å². The average molecular weight is 242 g/mol. The molecule has 0 unspecified atom stereocenters. The molecule has 2 aliphatic rings. The first kappa shape index (κ1) is 14.7. The van der Waals surface area contributed by atoms with Crippen molar-refractivity contribution in [1.29, 1.82) is 0 Å². The lowest BCUT2D eigenvalue weighted by molar-refractivity contribution is -0.206. The second kappa shape index (κ2) is 7.83. The highest BCUT2D eigenvalue weighted by atomic mass is 16.7. The molecule has 2 fully saturated rings. The Morgan fingerprint density at radius 1 is 1.18 bits per heavy atom. The van der Waals surface area contributed by atoms with Crippen LogP contribution in [-0.4, -0.2) is 25.3 Å². The average Bonchev–Trinajstić information content (AvgIpc) is 2.81. The highest BCUT2D eigenvalue weighted by molar-refractivity contribution is 5.55. The predicted octanol–water partition coefficient (Wildman–Crippen LogP) is 3.32. The van der Waals surface area contributed by atoms with Crippen LogP contribution in [0.5, 0.6) is 0 Å². The Bertz CT molecular complexity index is 208. The monoisotopic (exact) mass is 242 g/mol. The zero-order valence-corrected chi connectivity index (χ0v) is 11.2. The van der Waals surface area contributed by atoms with E-state index in [1.54, 1.807) is 0 Å². The molecule has 1 saturated carbocycles. The van der Waals surface area contributed by atoms with Crippen molar-refractivity contribution < 1.29 is 14.3 Å². The maximum atomic E-state index is 10.8. The number of hydrogen-bond acceptors (Lipinski definition) is 3. The topological polar surface area (TPSA) is 35.5 Å². The minimum atomic E-state index is -0.528. The van der Waals surface area contributed by atoms with Crippen molar-refractivity contribution in [2.75, 3.05) is 13.2 Å². The summed E-state index contributed by atoms with van der Waals surface area (Å²) < 4.78 is 11.1. The van der Waals surface area contributed by atoms with Gasteiger partial charge in [-0.15, -0.1) is 0 Å². The molecule has 1 atom stereocenters. The number of unbranched alkanes of at least 4 members (excludes halogenated alkanes) is 2. The molecule has 17 heavy (non-hydrogen) atoms. The van der Waals surface area contributed by atoms with Gasteiger partial charge in [-0.05, 0) is 12.8 Å². The van der Waals surface area contributed by atoms with Gasteiger partial charge in [-0.1, -0.05) is 39.5 Å². The first-order chi connectivity index (χ1) is 8.29. The van der Waals surface area contributed by atoms with E-state index in [0.717, 1.165) is 32.0 Å². The highest BCUT2D eigenvalue weighted by Gasteiger charge is 2.45. The third kappa shape index (κ3) is 4.07. The quantitative estimate of drug-likeness (QED) is 0.712. The van der Waals surface area contributed by atoms with Crippen LogP contribution in [0.3, 0.4) is 0 Å². The third-order valence-electron chi connectivity index (χ3n) is 3.50. The molecule has 3 nitrogen and oxygen atoms in total. The molecule has 3 heteroatoms. The van der Waals surface area contributed by atoms with Crippen molar-refractivity contribution in [1.82, 2.24) is 0 Å². The number of carbonyl (C=O) groups is 1. The molecular weight excluding hydrogens is 216 g/mol. The Morgan fingerprint density at radius 2 is 1.82 bits per heavy atom. The van der Waals surface area contributed by atoms with Gasteiger partial charge in [-0.2, -0.15) is 0 Å². The van der Waals surface area contributed by atoms with Crippen LogP contribution in [0.1, 0.15) is 58.8 Å². The minimum Gasteiger partial charge on any atom is -0.347 e. The third-order valence-corrected chi connectivity index (χ3v) is 3.50. The normalized spacial score (nSPS) is 26.4. The van der Waals surface area contributed by atoms with Crippen molar-refractivity contribution in [2.24, 2.45) is 5.92 Å². The molecule has 1 heterocycles. The van der Waals surface area contributed by atoms with Gasteiger partial charge in [0.05, 0.1) is 19.1 Å². The Labute approximate surface area is 105 Å². The molecule has 2 rings (SSSR count). The van der Waals surface area contributed by atoms with E-state index < -0.39 is 5.79 Å². The summed E-state index contributed by atoms with van der Waals surface area (Å²) in [6.07, 6.45) is 9.11. The minimum absolute atomic E-state index is 0.0336. The van der Waals surface area contributed by atoms with Gasteiger partial charge in [0.15, 0.2) is 5.79 Å². The van der Waals surface area contributed by atoms with Gasteiger partial charge in [0, 0.05) is 6.42 Å². The zero-order valence-electron chi connectivity index (χ0n) is 11.2. The summed E-state index contributed by atoms with van der Waals surface area (Å²) in [5.41, 5.74) is 0. The summed E-state index contributed by atoms with van der Waals surface area (Å²) in [4.78, 5) is 10.8. The molecule has 1 aliphatic heterocycles. The first-order valence-corrected chi connectivity index (χ1v) is 7.02. The van der Waals surface area contributed by atoms with Crippen molar-refractivity contribution in [3.05, 3.63) is 0 Å². The Hall–Kier alpha value is -0.410. The van der Waals surface area contributed by atoms with Gasteiger partial charge < -0.3 is 14.3 Å². The standard InChI is InChI=1S/C9H14O3.C5H12/c10-7-8-3-1-2-4-9(8)11-5-6-12-9;1-3-5-4-2/h7-8H,1-6H2;3-5H2,1-2H3/t8-;/m1./s1. The number of aldehydes is 1. The van der Waals surface area contributed by atoms with E-state index in [1.807, 2.05) is 0 Å². The molecule has 0 amide bonds. The Morgan fingerprint density at radius 3 is 2.29 bits per heavy atom. The summed E-state index contributed by atoms with van der Waals surface area (Å²) in [5, 5.41) is 0. The summed E-state index contributed by atoms with van der Waals surface area (Å²) in [6.45, 7) is 5.71. The molecule has 0 bridgehead atoms. The molecule has 1 saturated heterocycles. The van der Waals surface area contributed by atoms with Crippen LogP contribution < -0.4 is 0 Å².